The van der Waals surface area contributed by atoms with E-state index in [4.69, 9.17) is 9.84 Å². The number of rotatable bonds is 1. The highest BCUT2D eigenvalue weighted by Gasteiger charge is 1.95. The molecule has 0 aliphatic carbocycles. The summed E-state index contributed by atoms with van der Waals surface area (Å²) in [6.45, 7) is 8.60. The van der Waals surface area contributed by atoms with Gasteiger partial charge in [-0.15, -0.1) is 0 Å². The van der Waals surface area contributed by atoms with Gasteiger partial charge in [0.25, 0.3) is 0 Å². The van der Waals surface area contributed by atoms with Crippen LogP contribution in [0.2, 0.25) is 0 Å². The Morgan fingerprint density at radius 3 is 1.57 bits per heavy atom. The van der Waals surface area contributed by atoms with Crippen molar-refractivity contribution in [2.45, 2.75) is 19.8 Å². The first kappa shape index (κ1) is 13.1. The fourth-order valence-corrected chi connectivity index (χ4v) is 0.510. The van der Waals surface area contributed by atoms with Gasteiger partial charge in [-0.25, -0.2) is 4.79 Å². The Morgan fingerprint density at radius 1 is 1.14 bits per heavy atom. The molecule has 0 aromatic heterocycles. The fraction of sp³-hybridized carbons (Fsp3) is 0.700. The zero-order valence-electron chi connectivity index (χ0n) is 8.62. The van der Waals surface area contributed by atoms with Gasteiger partial charge in [0.05, 0.1) is 13.2 Å². The van der Waals surface area contributed by atoms with E-state index in [-0.39, 0.29) is 5.57 Å². The Morgan fingerprint density at radius 2 is 1.50 bits per heavy atom. The molecule has 0 bridgehead atoms. The van der Waals surface area contributed by atoms with E-state index in [2.05, 4.69) is 11.3 Å². The first-order valence-corrected chi connectivity index (χ1v) is 4.69. The van der Waals surface area contributed by atoms with Crippen LogP contribution in [0, 0.1) is 0 Å². The summed E-state index contributed by atoms with van der Waals surface area (Å²) < 4.78 is 9.44. The summed E-state index contributed by atoms with van der Waals surface area (Å²) in [6, 6.07) is 0. The molecule has 4 heteroatoms. The molecule has 0 aromatic carbocycles. The van der Waals surface area contributed by atoms with E-state index in [9.17, 15) is 4.79 Å². The summed E-state index contributed by atoms with van der Waals surface area (Å²) in [7, 11) is 0. The van der Waals surface area contributed by atoms with E-state index in [1.165, 1.54) is 19.8 Å². The van der Waals surface area contributed by atoms with Crippen molar-refractivity contribution < 1.29 is 19.4 Å². The highest BCUT2D eigenvalue weighted by Crippen LogP contribution is 1.98. The molecule has 0 aromatic rings. The van der Waals surface area contributed by atoms with Crippen molar-refractivity contribution >= 4 is 5.97 Å². The average molecular weight is 202 g/mol. The minimum atomic E-state index is -0.935. The first-order valence-electron chi connectivity index (χ1n) is 4.69. The maximum absolute atomic E-state index is 9.60. The molecular weight excluding hydrogens is 184 g/mol. The molecular formula is C10H18O4. The van der Waals surface area contributed by atoms with Gasteiger partial charge in [-0.05, 0) is 19.8 Å². The van der Waals surface area contributed by atoms with Gasteiger partial charge in [0, 0.05) is 18.8 Å². The summed E-state index contributed by atoms with van der Waals surface area (Å²) in [5.41, 5.74) is 0.176. The van der Waals surface area contributed by atoms with Crippen LogP contribution >= 0.6 is 0 Å². The number of hydrogen-bond acceptors (Lipinski definition) is 3. The van der Waals surface area contributed by atoms with Crippen molar-refractivity contribution in [3.63, 3.8) is 0 Å². The molecule has 2 aliphatic heterocycles. The maximum Gasteiger partial charge on any atom is 0.330 e. The normalized spacial score (nSPS) is 16.9. The molecule has 82 valence electrons. The number of carbonyl (C=O) groups is 1. The standard InChI is InChI=1S/C4H6O2.C4H8O.C2H4O/c1-3(2)4(5)6;1-2-4-5-3-1;1-2-3-1/h1H2,2H3,(H,5,6);1-4H2;1-2H2. The molecule has 2 saturated heterocycles. The van der Waals surface area contributed by atoms with Gasteiger partial charge in [0.15, 0.2) is 0 Å². The monoisotopic (exact) mass is 202 g/mol. The van der Waals surface area contributed by atoms with Crippen molar-refractivity contribution in [3.8, 4) is 0 Å². The lowest BCUT2D eigenvalue weighted by Crippen LogP contribution is -1.92. The van der Waals surface area contributed by atoms with Gasteiger partial charge in [0.1, 0.15) is 0 Å². The van der Waals surface area contributed by atoms with Gasteiger partial charge >= 0.3 is 5.97 Å². The summed E-state index contributed by atoms with van der Waals surface area (Å²) in [5, 5.41) is 7.89. The Labute approximate surface area is 84.5 Å². The summed E-state index contributed by atoms with van der Waals surface area (Å²) in [5.74, 6) is -0.935. The number of epoxide rings is 1. The van der Waals surface area contributed by atoms with Crippen LogP contribution in [0.4, 0.5) is 0 Å². The highest BCUT2D eigenvalue weighted by molar-refractivity contribution is 5.84. The molecule has 4 nitrogen and oxygen atoms in total. The second-order valence-corrected chi connectivity index (χ2v) is 3.02. The van der Waals surface area contributed by atoms with Gasteiger partial charge in [-0.1, -0.05) is 6.58 Å². The summed E-state index contributed by atoms with van der Waals surface area (Å²) >= 11 is 0. The van der Waals surface area contributed by atoms with Crippen LogP contribution in [-0.4, -0.2) is 37.5 Å². The SMILES string of the molecule is C1CCOC1.C1CO1.C=C(C)C(=O)O. The van der Waals surface area contributed by atoms with E-state index >= 15 is 0 Å². The third-order valence-electron chi connectivity index (χ3n) is 1.40. The molecule has 0 unspecified atom stereocenters. The first-order chi connectivity index (χ1) is 6.64. The third kappa shape index (κ3) is 13.7. The Kier molecular flexibility index (Phi) is 8.17. The summed E-state index contributed by atoms with van der Waals surface area (Å²) in [6.07, 6.45) is 2.56. The lowest BCUT2D eigenvalue weighted by atomic mass is 10.4. The van der Waals surface area contributed by atoms with E-state index < -0.39 is 5.97 Å². The zero-order valence-corrected chi connectivity index (χ0v) is 8.62. The maximum atomic E-state index is 9.60. The lowest BCUT2D eigenvalue weighted by Gasteiger charge is -1.79. The largest absolute Gasteiger partial charge is 0.478 e. The third-order valence-corrected chi connectivity index (χ3v) is 1.40. The number of carboxylic acid groups (broad SMARTS) is 1. The van der Waals surface area contributed by atoms with Crippen LogP contribution in [-0.2, 0) is 14.3 Å². The lowest BCUT2D eigenvalue weighted by molar-refractivity contribution is -0.132. The Balaban J connectivity index is 0.000000189. The Bertz CT molecular complexity index is 149. The molecule has 0 spiro atoms. The molecule has 2 fully saturated rings. The molecule has 0 radical (unpaired) electrons. The quantitative estimate of drug-likeness (QED) is 0.516. The van der Waals surface area contributed by atoms with E-state index in [0.717, 1.165) is 26.4 Å². The second-order valence-electron chi connectivity index (χ2n) is 3.02. The van der Waals surface area contributed by atoms with Crippen molar-refractivity contribution in [2.24, 2.45) is 0 Å². The predicted octanol–water partition coefficient (Wildman–Crippen LogP) is 1.46. The number of ether oxygens (including phenoxy) is 2. The van der Waals surface area contributed by atoms with Crippen molar-refractivity contribution in [2.75, 3.05) is 26.4 Å². The van der Waals surface area contributed by atoms with Crippen LogP contribution in [0.3, 0.4) is 0 Å². The summed E-state index contributed by atoms with van der Waals surface area (Å²) in [4.78, 5) is 9.60. The van der Waals surface area contributed by atoms with Crippen molar-refractivity contribution in [1.29, 1.82) is 0 Å². The van der Waals surface area contributed by atoms with E-state index in [1.807, 2.05) is 0 Å². The smallest absolute Gasteiger partial charge is 0.330 e. The molecule has 0 amide bonds. The predicted molar refractivity (Wildman–Crippen MR) is 53.3 cm³/mol. The van der Waals surface area contributed by atoms with Crippen LogP contribution in [0.5, 0.6) is 0 Å². The topological polar surface area (TPSA) is 59.1 Å². The number of carboxylic acids is 1. The highest BCUT2D eigenvalue weighted by atomic mass is 16.6. The Hall–Kier alpha value is -0.870. The molecule has 1 N–H and O–H groups in total. The fourth-order valence-electron chi connectivity index (χ4n) is 0.510. The second kappa shape index (κ2) is 8.72. The molecule has 2 rings (SSSR count). The minimum absolute atomic E-state index is 0.176. The van der Waals surface area contributed by atoms with Gasteiger partial charge in [-0.3, -0.25) is 0 Å². The molecule has 2 aliphatic rings. The number of aliphatic carboxylic acids is 1. The molecule has 0 saturated carbocycles. The van der Waals surface area contributed by atoms with Gasteiger partial charge in [-0.2, -0.15) is 0 Å². The van der Waals surface area contributed by atoms with Crippen molar-refractivity contribution in [3.05, 3.63) is 12.2 Å². The minimum Gasteiger partial charge on any atom is -0.478 e. The van der Waals surface area contributed by atoms with Crippen LogP contribution in [0.1, 0.15) is 19.8 Å². The molecule has 14 heavy (non-hydrogen) atoms. The molecule has 2 heterocycles. The van der Waals surface area contributed by atoms with Crippen molar-refractivity contribution in [1.82, 2.24) is 0 Å². The number of hydrogen-bond donors (Lipinski definition) is 1. The van der Waals surface area contributed by atoms with E-state index in [0.29, 0.717) is 0 Å². The van der Waals surface area contributed by atoms with Crippen LogP contribution in [0.15, 0.2) is 12.2 Å². The van der Waals surface area contributed by atoms with Gasteiger partial charge < -0.3 is 14.6 Å². The van der Waals surface area contributed by atoms with Crippen LogP contribution in [0.25, 0.3) is 0 Å². The van der Waals surface area contributed by atoms with E-state index in [1.54, 1.807) is 0 Å². The average Bonchev–Trinajstić information content (AvgIpc) is 2.89. The molecule has 0 atom stereocenters. The van der Waals surface area contributed by atoms with Gasteiger partial charge in [0.2, 0.25) is 0 Å². The zero-order chi connectivity index (χ0) is 10.8. The van der Waals surface area contributed by atoms with Crippen LogP contribution < -0.4 is 0 Å².